The molecule has 0 atom stereocenters. The van der Waals surface area contributed by atoms with Gasteiger partial charge in [-0.3, -0.25) is 4.79 Å². The Morgan fingerprint density at radius 2 is 2.05 bits per heavy atom. The number of benzene rings is 2. The smallest absolute Gasteiger partial charge is 0.257 e. The number of hydrogen-bond donors (Lipinski definition) is 3. The summed E-state index contributed by atoms with van der Waals surface area (Å²) in [5.41, 5.74) is 7.88. The van der Waals surface area contributed by atoms with Crippen LogP contribution in [-0.4, -0.2) is 17.6 Å². The van der Waals surface area contributed by atoms with Crippen LogP contribution in [-0.2, 0) is 0 Å². The maximum Gasteiger partial charge on any atom is 0.257 e. The molecule has 0 aliphatic rings. The lowest BCUT2D eigenvalue weighted by Crippen LogP contribution is -2.15. The average Bonchev–Trinajstić information content (AvgIpc) is 2.44. The van der Waals surface area contributed by atoms with Crippen LogP contribution < -0.4 is 15.8 Å². The van der Waals surface area contributed by atoms with Gasteiger partial charge >= 0.3 is 0 Å². The fourth-order valence-electron chi connectivity index (χ4n) is 1.94. The van der Waals surface area contributed by atoms with Gasteiger partial charge in [-0.1, -0.05) is 6.07 Å². The SMILES string of the molecule is CCOc1cc(C)ccc1NC(=O)c1cc(O)ccc1N. The first-order valence-electron chi connectivity index (χ1n) is 6.64. The van der Waals surface area contributed by atoms with Crippen molar-refractivity contribution in [3.63, 3.8) is 0 Å². The maximum atomic E-state index is 12.3. The van der Waals surface area contributed by atoms with Crippen LogP contribution in [0.15, 0.2) is 36.4 Å². The second-order valence-electron chi connectivity index (χ2n) is 4.66. The van der Waals surface area contributed by atoms with Crippen LogP contribution in [0.2, 0.25) is 0 Å². The summed E-state index contributed by atoms with van der Waals surface area (Å²) in [6.45, 7) is 4.32. The molecule has 2 aromatic carbocycles. The number of carbonyl (C=O) groups excluding carboxylic acids is 1. The molecule has 0 saturated heterocycles. The van der Waals surface area contributed by atoms with Gasteiger partial charge in [0, 0.05) is 5.69 Å². The van der Waals surface area contributed by atoms with Crippen LogP contribution in [0.4, 0.5) is 11.4 Å². The summed E-state index contributed by atoms with van der Waals surface area (Å²) in [5, 5.41) is 12.2. The molecule has 4 N–H and O–H groups in total. The van der Waals surface area contributed by atoms with E-state index < -0.39 is 5.91 Å². The first kappa shape index (κ1) is 14.7. The molecule has 0 fully saturated rings. The van der Waals surface area contributed by atoms with E-state index in [2.05, 4.69) is 5.32 Å². The van der Waals surface area contributed by atoms with Crippen molar-refractivity contribution in [1.29, 1.82) is 0 Å². The standard InChI is InChI=1S/C16H18N2O3/c1-3-21-15-8-10(2)4-7-14(15)18-16(20)12-9-11(19)5-6-13(12)17/h4-9,19H,3,17H2,1-2H3,(H,18,20). The van der Waals surface area contributed by atoms with Crippen molar-refractivity contribution < 1.29 is 14.6 Å². The number of phenolic OH excluding ortho intramolecular Hbond substituents is 1. The average molecular weight is 286 g/mol. The van der Waals surface area contributed by atoms with Crippen molar-refractivity contribution in [2.24, 2.45) is 0 Å². The molecular formula is C16H18N2O3. The number of nitrogen functional groups attached to an aromatic ring is 1. The van der Waals surface area contributed by atoms with Gasteiger partial charge in [-0.15, -0.1) is 0 Å². The molecule has 2 aromatic rings. The molecule has 0 bridgehead atoms. The number of ether oxygens (including phenoxy) is 1. The van der Waals surface area contributed by atoms with E-state index in [4.69, 9.17) is 10.5 Å². The van der Waals surface area contributed by atoms with Crippen LogP contribution in [0.3, 0.4) is 0 Å². The number of nitrogens with two attached hydrogens (primary N) is 1. The predicted octanol–water partition coefficient (Wildman–Crippen LogP) is 2.93. The fourth-order valence-corrected chi connectivity index (χ4v) is 1.94. The quantitative estimate of drug-likeness (QED) is 0.596. The highest BCUT2D eigenvalue weighted by Gasteiger charge is 2.13. The Hall–Kier alpha value is -2.69. The van der Waals surface area contributed by atoms with Crippen LogP contribution in [0, 0.1) is 6.92 Å². The van der Waals surface area contributed by atoms with Gasteiger partial charge in [-0.2, -0.15) is 0 Å². The van der Waals surface area contributed by atoms with Crippen LogP contribution in [0.5, 0.6) is 11.5 Å². The highest BCUT2D eigenvalue weighted by Crippen LogP contribution is 2.27. The number of hydrogen-bond acceptors (Lipinski definition) is 4. The third-order valence-electron chi connectivity index (χ3n) is 2.97. The predicted molar refractivity (Wildman–Crippen MR) is 82.8 cm³/mol. The molecule has 1 amide bonds. The van der Waals surface area contributed by atoms with E-state index in [0.717, 1.165) is 5.56 Å². The van der Waals surface area contributed by atoms with Crippen molar-refractivity contribution >= 4 is 17.3 Å². The molecular weight excluding hydrogens is 268 g/mol. The first-order chi connectivity index (χ1) is 10.0. The molecule has 0 heterocycles. The maximum absolute atomic E-state index is 12.3. The summed E-state index contributed by atoms with van der Waals surface area (Å²) in [6.07, 6.45) is 0. The molecule has 110 valence electrons. The van der Waals surface area contributed by atoms with Gasteiger partial charge < -0.3 is 20.9 Å². The van der Waals surface area contributed by atoms with E-state index in [1.165, 1.54) is 18.2 Å². The van der Waals surface area contributed by atoms with Crippen LogP contribution in [0.1, 0.15) is 22.8 Å². The second kappa shape index (κ2) is 6.17. The van der Waals surface area contributed by atoms with E-state index in [1.807, 2.05) is 26.0 Å². The lowest BCUT2D eigenvalue weighted by atomic mass is 10.1. The van der Waals surface area contributed by atoms with Gasteiger partial charge in [0.25, 0.3) is 5.91 Å². The highest BCUT2D eigenvalue weighted by atomic mass is 16.5. The monoisotopic (exact) mass is 286 g/mol. The largest absolute Gasteiger partial charge is 0.508 e. The number of carbonyl (C=O) groups is 1. The minimum Gasteiger partial charge on any atom is -0.508 e. The summed E-state index contributed by atoms with van der Waals surface area (Å²) in [4.78, 5) is 12.3. The Morgan fingerprint density at radius 1 is 1.29 bits per heavy atom. The first-order valence-corrected chi connectivity index (χ1v) is 6.64. The van der Waals surface area contributed by atoms with Crippen molar-refractivity contribution in [1.82, 2.24) is 0 Å². The van der Waals surface area contributed by atoms with Crippen molar-refractivity contribution in [3.05, 3.63) is 47.5 Å². The molecule has 0 radical (unpaired) electrons. The summed E-state index contributed by atoms with van der Waals surface area (Å²) in [7, 11) is 0. The van der Waals surface area contributed by atoms with Gasteiger partial charge in [0.2, 0.25) is 0 Å². The number of nitrogens with one attached hydrogen (secondary N) is 1. The fraction of sp³-hybridized carbons (Fsp3) is 0.188. The molecule has 0 aliphatic carbocycles. The molecule has 0 aliphatic heterocycles. The Kier molecular flexibility index (Phi) is 4.33. The third-order valence-corrected chi connectivity index (χ3v) is 2.97. The summed E-state index contributed by atoms with van der Waals surface area (Å²) >= 11 is 0. The molecule has 5 nitrogen and oxygen atoms in total. The zero-order valence-corrected chi connectivity index (χ0v) is 12.0. The lowest BCUT2D eigenvalue weighted by Gasteiger charge is -2.13. The minimum absolute atomic E-state index is 0.0108. The number of anilines is 2. The number of rotatable bonds is 4. The Labute approximate surface area is 123 Å². The van der Waals surface area contributed by atoms with Crippen molar-refractivity contribution in [2.45, 2.75) is 13.8 Å². The Morgan fingerprint density at radius 3 is 2.76 bits per heavy atom. The normalized spacial score (nSPS) is 10.2. The van der Waals surface area contributed by atoms with Crippen LogP contribution >= 0.6 is 0 Å². The van der Waals surface area contributed by atoms with E-state index in [1.54, 1.807) is 6.07 Å². The molecule has 0 saturated carbocycles. The van der Waals surface area contributed by atoms with E-state index in [9.17, 15) is 9.90 Å². The van der Waals surface area contributed by atoms with Gasteiger partial charge in [0.1, 0.15) is 11.5 Å². The van der Waals surface area contributed by atoms with Gasteiger partial charge in [-0.05, 0) is 49.7 Å². The number of aromatic hydroxyl groups is 1. The molecule has 5 heteroatoms. The summed E-state index contributed by atoms with van der Waals surface area (Å²) < 4.78 is 5.51. The van der Waals surface area contributed by atoms with E-state index in [-0.39, 0.29) is 11.3 Å². The van der Waals surface area contributed by atoms with Crippen molar-refractivity contribution in [3.8, 4) is 11.5 Å². The molecule has 0 aromatic heterocycles. The highest BCUT2D eigenvalue weighted by molar-refractivity contribution is 6.08. The summed E-state index contributed by atoms with van der Waals surface area (Å²) in [6, 6.07) is 9.76. The Bertz CT molecular complexity index is 669. The summed E-state index contributed by atoms with van der Waals surface area (Å²) in [5.74, 6) is 0.195. The molecule has 0 unspecified atom stereocenters. The zero-order valence-electron chi connectivity index (χ0n) is 12.0. The number of amides is 1. The molecule has 2 rings (SSSR count). The van der Waals surface area contributed by atoms with E-state index >= 15 is 0 Å². The van der Waals surface area contributed by atoms with Gasteiger partial charge in [-0.25, -0.2) is 0 Å². The van der Waals surface area contributed by atoms with E-state index in [0.29, 0.717) is 23.7 Å². The third kappa shape index (κ3) is 3.45. The zero-order chi connectivity index (χ0) is 15.4. The number of aryl methyl sites for hydroxylation is 1. The molecule has 21 heavy (non-hydrogen) atoms. The Balaban J connectivity index is 2.29. The van der Waals surface area contributed by atoms with Gasteiger partial charge in [0.15, 0.2) is 0 Å². The van der Waals surface area contributed by atoms with Crippen molar-refractivity contribution in [2.75, 3.05) is 17.7 Å². The second-order valence-corrected chi connectivity index (χ2v) is 4.66. The lowest BCUT2D eigenvalue weighted by molar-refractivity contribution is 0.102. The molecule has 0 spiro atoms. The topological polar surface area (TPSA) is 84.6 Å². The number of phenols is 1. The van der Waals surface area contributed by atoms with Gasteiger partial charge in [0.05, 0.1) is 17.9 Å². The minimum atomic E-state index is -0.395. The van der Waals surface area contributed by atoms with Crippen LogP contribution in [0.25, 0.3) is 0 Å².